The van der Waals surface area contributed by atoms with Gasteiger partial charge < -0.3 is 0 Å². The number of halogens is 2. The summed E-state index contributed by atoms with van der Waals surface area (Å²) in [4.78, 5) is 0.0933. The van der Waals surface area contributed by atoms with Gasteiger partial charge in [-0.15, -0.1) is 0 Å². The average Bonchev–Trinajstić information content (AvgIpc) is 2.42. The van der Waals surface area contributed by atoms with E-state index < -0.39 is 10.0 Å². The summed E-state index contributed by atoms with van der Waals surface area (Å²) in [5.41, 5.74) is 1.70. The molecule has 0 aliphatic rings. The first-order chi connectivity index (χ1) is 9.40. The minimum absolute atomic E-state index is 0.0933. The minimum Gasteiger partial charge on any atom is -0.207 e. The molecule has 0 saturated heterocycles. The van der Waals surface area contributed by atoms with Gasteiger partial charge in [0.25, 0.3) is 0 Å². The first kappa shape index (κ1) is 15.5. The lowest BCUT2D eigenvalue weighted by Crippen LogP contribution is -2.23. The first-order valence-corrected chi connectivity index (χ1v) is 8.55. The van der Waals surface area contributed by atoms with E-state index in [0.29, 0.717) is 0 Å². The van der Waals surface area contributed by atoms with E-state index in [1.807, 2.05) is 37.3 Å². The summed E-state index contributed by atoms with van der Waals surface area (Å²) in [6.45, 7) is 2.05. The van der Waals surface area contributed by atoms with Crippen molar-refractivity contribution in [1.29, 1.82) is 0 Å². The summed E-state index contributed by atoms with van der Waals surface area (Å²) in [7, 11) is -3.63. The maximum atomic E-state index is 12.3. The van der Waals surface area contributed by atoms with E-state index >= 15 is 0 Å². The Morgan fingerprint density at radius 2 is 1.85 bits per heavy atom. The van der Waals surface area contributed by atoms with Gasteiger partial charge in [-0.2, -0.15) is 0 Å². The van der Waals surface area contributed by atoms with Crippen LogP contribution in [0, 0.1) is 6.92 Å². The molecule has 20 heavy (non-hydrogen) atoms. The third kappa shape index (κ3) is 3.61. The largest absolute Gasteiger partial charge is 0.242 e. The van der Waals surface area contributed by atoms with Crippen LogP contribution in [-0.2, 0) is 16.6 Å². The van der Waals surface area contributed by atoms with Crippen molar-refractivity contribution in [1.82, 2.24) is 4.72 Å². The molecule has 0 bridgehead atoms. The van der Waals surface area contributed by atoms with Gasteiger partial charge in [0.05, 0.1) is 5.02 Å². The van der Waals surface area contributed by atoms with Crippen molar-refractivity contribution in [2.24, 2.45) is 0 Å². The van der Waals surface area contributed by atoms with Crippen molar-refractivity contribution in [3.63, 3.8) is 0 Å². The van der Waals surface area contributed by atoms with E-state index in [-0.39, 0.29) is 16.5 Å². The highest BCUT2D eigenvalue weighted by Gasteiger charge is 2.18. The first-order valence-electron chi connectivity index (χ1n) is 5.89. The molecule has 0 fully saturated rings. The van der Waals surface area contributed by atoms with Crippen LogP contribution in [-0.4, -0.2) is 8.42 Å². The quantitative estimate of drug-likeness (QED) is 0.882. The average molecular weight is 375 g/mol. The molecule has 0 aliphatic heterocycles. The number of hydrogen-bond acceptors (Lipinski definition) is 2. The number of aryl methyl sites for hydroxylation is 1. The van der Waals surface area contributed by atoms with Gasteiger partial charge in [-0.05, 0) is 30.2 Å². The Balaban J connectivity index is 2.25. The Hall–Kier alpha value is -0.880. The van der Waals surface area contributed by atoms with E-state index in [9.17, 15) is 8.42 Å². The van der Waals surface area contributed by atoms with Crippen molar-refractivity contribution in [3.05, 3.63) is 63.1 Å². The lowest BCUT2D eigenvalue weighted by atomic mass is 10.2. The molecule has 0 aromatic heterocycles. The molecule has 0 atom stereocenters. The number of sulfonamides is 1. The molecule has 106 valence electrons. The molecule has 2 rings (SSSR count). The van der Waals surface area contributed by atoms with E-state index in [2.05, 4.69) is 20.7 Å². The van der Waals surface area contributed by atoms with Crippen LogP contribution in [0.2, 0.25) is 5.02 Å². The lowest BCUT2D eigenvalue weighted by molar-refractivity contribution is 0.581. The monoisotopic (exact) mass is 373 g/mol. The number of nitrogens with one attached hydrogen (secondary N) is 1. The van der Waals surface area contributed by atoms with E-state index in [1.54, 1.807) is 12.1 Å². The van der Waals surface area contributed by atoms with Gasteiger partial charge >= 0.3 is 0 Å². The summed E-state index contributed by atoms with van der Waals surface area (Å²) < 4.78 is 27.9. The van der Waals surface area contributed by atoms with Crippen LogP contribution in [0.1, 0.15) is 11.1 Å². The van der Waals surface area contributed by atoms with Gasteiger partial charge in [-0.1, -0.05) is 57.9 Å². The number of hydrogen-bond donors (Lipinski definition) is 1. The fraction of sp³-hybridized carbons (Fsp3) is 0.143. The molecular weight excluding hydrogens is 362 g/mol. The molecule has 3 nitrogen and oxygen atoms in total. The van der Waals surface area contributed by atoms with Crippen molar-refractivity contribution in [2.45, 2.75) is 18.4 Å². The molecule has 0 heterocycles. The summed E-state index contributed by atoms with van der Waals surface area (Å²) >= 11 is 9.34. The van der Waals surface area contributed by atoms with Crippen molar-refractivity contribution >= 4 is 37.6 Å². The van der Waals surface area contributed by atoms with Crippen LogP contribution in [0.4, 0.5) is 0 Å². The standard InChI is InChI=1S/C14H13BrClNO2S/c1-10-7-14(13(16)8-12(10)15)20(18,19)17-9-11-5-3-2-4-6-11/h2-8,17H,9H2,1H3. The Morgan fingerprint density at radius 3 is 2.50 bits per heavy atom. The van der Waals surface area contributed by atoms with Gasteiger partial charge in [0.1, 0.15) is 4.90 Å². The van der Waals surface area contributed by atoms with Gasteiger partial charge in [0.15, 0.2) is 0 Å². The van der Waals surface area contributed by atoms with Crippen LogP contribution in [0.25, 0.3) is 0 Å². The molecule has 1 N–H and O–H groups in total. The second-order valence-corrected chi connectivity index (χ2v) is 7.34. The predicted molar refractivity (Wildman–Crippen MR) is 84.4 cm³/mol. The third-order valence-corrected chi connectivity index (χ3v) is 5.53. The Bertz CT molecular complexity index is 717. The molecule has 2 aromatic carbocycles. The smallest absolute Gasteiger partial charge is 0.207 e. The van der Waals surface area contributed by atoms with Crippen LogP contribution < -0.4 is 4.72 Å². The molecule has 0 spiro atoms. The molecular formula is C14H13BrClNO2S. The summed E-state index contributed by atoms with van der Waals surface area (Å²) in [6.07, 6.45) is 0. The van der Waals surface area contributed by atoms with Crippen LogP contribution in [0.3, 0.4) is 0 Å². The molecule has 0 radical (unpaired) electrons. The van der Waals surface area contributed by atoms with E-state index in [1.165, 1.54) is 0 Å². The fourth-order valence-electron chi connectivity index (χ4n) is 1.69. The third-order valence-electron chi connectivity index (χ3n) is 2.81. The van der Waals surface area contributed by atoms with Crippen molar-refractivity contribution in [3.8, 4) is 0 Å². The van der Waals surface area contributed by atoms with Crippen molar-refractivity contribution in [2.75, 3.05) is 0 Å². The zero-order valence-corrected chi connectivity index (χ0v) is 13.9. The molecule has 2 aromatic rings. The molecule has 0 aliphatic carbocycles. The Morgan fingerprint density at radius 1 is 1.20 bits per heavy atom. The van der Waals surface area contributed by atoms with E-state index in [4.69, 9.17) is 11.6 Å². The second kappa shape index (κ2) is 6.26. The highest BCUT2D eigenvalue weighted by molar-refractivity contribution is 9.10. The van der Waals surface area contributed by atoms with Gasteiger partial charge in [0.2, 0.25) is 10.0 Å². The molecule has 6 heteroatoms. The van der Waals surface area contributed by atoms with Gasteiger partial charge in [-0.3, -0.25) is 0 Å². The zero-order chi connectivity index (χ0) is 14.8. The topological polar surface area (TPSA) is 46.2 Å². The number of benzene rings is 2. The minimum atomic E-state index is -3.63. The maximum Gasteiger partial charge on any atom is 0.242 e. The molecule has 0 unspecified atom stereocenters. The second-order valence-electron chi connectivity index (χ2n) is 4.34. The Labute approximate surface area is 132 Å². The van der Waals surface area contributed by atoms with Gasteiger partial charge in [-0.25, -0.2) is 13.1 Å². The zero-order valence-electron chi connectivity index (χ0n) is 10.7. The molecule has 0 amide bonds. The number of rotatable bonds is 4. The normalized spacial score (nSPS) is 11.6. The van der Waals surface area contributed by atoms with Crippen LogP contribution >= 0.6 is 27.5 Å². The summed E-state index contributed by atoms with van der Waals surface area (Å²) in [5, 5.41) is 0.197. The Kier molecular flexibility index (Phi) is 4.86. The van der Waals surface area contributed by atoms with Crippen LogP contribution in [0.5, 0.6) is 0 Å². The highest BCUT2D eigenvalue weighted by atomic mass is 79.9. The highest BCUT2D eigenvalue weighted by Crippen LogP contribution is 2.28. The SMILES string of the molecule is Cc1cc(S(=O)(=O)NCc2ccccc2)c(Cl)cc1Br. The summed E-state index contributed by atoms with van der Waals surface area (Å²) in [6, 6.07) is 12.5. The van der Waals surface area contributed by atoms with Gasteiger partial charge in [0, 0.05) is 11.0 Å². The summed E-state index contributed by atoms with van der Waals surface area (Å²) in [5.74, 6) is 0. The van der Waals surface area contributed by atoms with Crippen LogP contribution in [0.15, 0.2) is 51.8 Å². The van der Waals surface area contributed by atoms with Crippen molar-refractivity contribution < 1.29 is 8.42 Å². The molecule has 0 saturated carbocycles. The lowest BCUT2D eigenvalue weighted by Gasteiger charge is -2.10. The fourth-order valence-corrected chi connectivity index (χ4v) is 3.79. The predicted octanol–water partition coefficient (Wildman–Crippen LogP) is 3.89. The van der Waals surface area contributed by atoms with E-state index in [0.717, 1.165) is 15.6 Å². The maximum absolute atomic E-state index is 12.3.